The molecule has 0 saturated carbocycles. The minimum atomic E-state index is -3.26. The lowest BCUT2D eigenvalue weighted by atomic mass is 10.0. The predicted molar refractivity (Wildman–Crippen MR) is 41.1 cm³/mol. The topological polar surface area (TPSA) is 3.24 Å². The number of likely N-dealkylation sites (tertiary alicyclic amines) is 1. The molecule has 1 rings (SSSR count). The molecular formula is C8H12F3N. The average molecular weight is 179 g/mol. The fourth-order valence-electron chi connectivity index (χ4n) is 1.47. The monoisotopic (exact) mass is 179 g/mol. The fraction of sp³-hybridized carbons (Fsp3) is 0.750. The van der Waals surface area contributed by atoms with Gasteiger partial charge in [0, 0.05) is 6.54 Å². The van der Waals surface area contributed by atoms with Gasteiger partial charge in [-0.15, -0.1) is 0 Å². The van der Waals surface area contributed by atoms with Crippen LogP contribution in [0.15, 0.2) is 12.2 Å². The standard InChI is InChI=1S/C8H12F3N/c1-3-4-7(9)5-12(2)6-8(7,10)11/h3-4H,5-6H2,1-2H3/b4-3+. The third-order valence-corrected chi connectivity index (χ3v) is 2.01. The van der Waals surface area contributed by atoms with E-state index in [2.05, 4.69) is 0 Å². The van der Waals surface area contributed by atoms with E-state index in [4.69, 9.17) is 0 Å². The van der Waals surface area contributed by atoms with Crippen LogP contribution in [0, 0.1) is 0 Å². The molecule has 0 aromatic carbocycles. The van der Waals surface area contributed by atoms with Crippen LogP contribution < -0.4 is 0 Å². The Hall–Kier alpha value is -0.510. The number of hydrogen-bond donors (Lipinski definition) is 0. The summed E-state index contributed by atoms with van der Waals surface area (Å²) in [5.41, 5.74) is -2.48. The SMILES string of the molecule is C/C=C/C1(F)CN(C)CC1(F)F. The number of nitrogens with zero attached hydrogens (tertiary/aromatic N) is 1. The maximum Gasteiger partial charge on any atom is 0.298 e. The molecule has 0 radical (unpaired) electrons. The molecule has 1 saturated heterocycles. The van der Waals surface area contributed by atoms with E-state index in [1.165, 1.54) is 24.9 Å². The molecule has 1 fully saturated rings. The zero-order valence-electron chi connectivity index (χ0n) is 7.15. The number of alkyl halides is 3. The third kappa shape index (κ3) is 1.35. The Balaban J connectivity index is 2.89. The van der Waals surface area contributed by atoms with Gasteiger partial charge in [0.1, 0.15) is 0 Å². The predicted octanol–water partition coefficient (Wildman–Crippen LogP) is 1.85. The van der Waals surface area contributed by atoms with Crippen molar-refractivity contribution in [3.8, 4) is 0 Å². The molecule has 1 atom stereocenters. The Morgan fingerprint density at radius 3 is 2.17 bits per heavy atom. The van der Waals surface area contributed by atoms with Crippen LogP contribution in [-0.4, -0.2) is 36.6 Å². The van der Waals surface area contributed by atoms with Crippen molar-refractivity contribution in [2.24, 2.45) is 0 Å². The summed E-state index contributed by atoms with van der Waals surface area (Å²) < 4.78 is 39.4. The van der Waals surface area contributed by atoms with Gasteiger partial charge in [-0.2, -0.15) is 0 Å². The van der Waals surface area contributed by atoms with Crippen molar-refractivity contribution >= 4 is 0 Å². The summed E-state index contributed by atoms with van der Waals surface area (Å²) in [6.07, 6.45) is 2.27. The van der Waals surface area contributed by atoms with E-state index in [-0.39, 0.29) is 6.54 Å². The first-order chi connectivity index (χ1) is 5.41. The van der Waals surface area contributed by atoms with Gasteiger partial charge in [0.2, 0.25) is 5.67 Å². The number of hydrogen-bond acceptors (Lipinski definition) is 1. The van der Waals surface area contributed by atoms with Crippen LogP contribution in [0.5, 0.6) is 0 Å². The molecule has 0 amide bonds. The molecule has 1 heterocycles. The normalized spacial score (nSPS) is 36.4. The van der Waals surface area contributed by atoms with E-state index >= 15 is 0 Å². The van der Waals surface area contributed by atoms with Crippen molar-refractivity contribution in [2.75, 3.05) is 20.1 Å². The number of halogens is 3. The smallest absolute Gasteiger partial charge is 0.297 e. The molecule has 1 unspecified atom stereocenters. The molecular weight excluding hydrogens is 167 g/mol. The summed E-state index contributed by atoms with van der Waals surface area (Å²) in [6, 6.07) is 0. The fourth-order valence-corrected chi connectivity index (χ4v) is 1.47. The largest absolute Gasteiger partial charge is 0.298 e. The van der Waals surface area contributed by atoms with Gasteiger partial charge in [0.15, 0.2) is 0 Å². The molecule has 4 heteroatoms. The van der Waals surface area contributed by atoms with Gasteiger partial charge in [-0.3, -0.25) is 4.90 Å². The highest BCUT2D eigenvalue weighted by Gasteiger charge is 2.58. The van der Waals surface area contributed by atoms with Crippen LogP contribution in [0.25, 0.3) is 0 Å². The van der Waals surface area contributed by atoms with E-state index in [0.29, 0.717) is 0 Å². The van der Waals surface area contributed by atoms with Gasteiger partial charge in [-0.1, -0.05) is 6.08 Å². The van der Waals surface area contributed by atoms with Crippen LogP contribution >= 0.6 is 0 Å². The van der Waals surface area contributed by atoms with E-state index in [9.17, 15) is 13.2 Å². The molecule has 0 aliphatic carbocycles. The quantitative estimate of drug-likeness (QED) is 0.555. The molecule has 1 aliphatic heterocycles. The molecule has 0 spiro atoms. The summed E-state index contributed by atoms with van der Waals surface area (Å²) in [5, 5.41) is 0. The van der Waals surface area contributed by atoms with Gasteiger partial charge >= 0.3 is 0 Å². The van der Waals surface area contributed by atoms with E-state index < -0.39 is 18.1 Å². The maximum absolute atomic E-state index is 13.5. The average Bonchev–Trinajstić information content (AvgIpc) is 2.02. The highest BCUT2D eigenvalue weighted by Crippen LogP contribution is 2.40. The molecule has 0 aromatic rings. The Morgan fingerprint density at radius 2 is 1.83 bits per heavy atom. The van der Waals surface area contributed by atoms with Gasteiger partial charge in [-0.05, 0) is 20.0 Å². The second-order valence-electron chi connectivity index (χ2n) is 3.24. The summed E-state index contributed by atoms with van der Waals surface area (Å²) >= 11 is 0. The molecule has 1 aliphatic rings. The van der Waals surface area contributed by atoms with Crippen LogP contribution in [0.3, 0.4) is 0 Å². The first kappa shape index (κ1) is 9.58. The number of allylic oxidation sites excluding steroid dienone is 1. The first-order valence-corrected chi connectivity index (χ1v) is 3.80. The lowest BCUT2D eigenvalue weighted by Crippen LogP contribution is -2.40. The van der Waals surface area contributed by atoms with Crippen LogP contribution in [0.2, 0.25) is 0 Å². The van der Waals surface area contributed by atoms with Gasteiger partial charge < -0.3 is 0 Å². The lowest BCUT2D eigenvalue weighted by Gasteiger charge is -2.21. The summed E-state index contributed by atoms with van der Waals surface area (Å²) in [7, 11) is 1.48. The van der Waals surface area contributed by atoms with Crippen molar-refractivity contribution in [2.45, 2.75) is 18.5 Å². The van der Waals surface area contributed by atoms with Gasteiger partial charge in [-0.25, -0.2) is 13.2 Å². The van der Waals surface area contributed by atoms with Gasteiger partial charge in [0.05, 0.1) is 6.54 Å². The third-order valence-electron chi connectivity index (χ3n) is 2.01. The van der Waals surface area contributed by atoms with Crippen molar-refractivity contribution in [3.05, 3.63) is 12.2 Å². The summed E-state index contributed by atoms with van der Waals surface area (Å²) in [5.74, 6) is -3.26. The van der Waals surface area contributed by atoms with E-state index in [1.54, 1.807) is 0 Å². The van der Waals surface area contributed by atoms with Crippen LogP contribution in [-0.2, 0) is 0 Å². The summed E-state index contributed by atoms with van der Waals surface area (Å²) in [4.78, 5) is 1.29. The lowest BCUT2D eigenvalue weighted by molar-refractivity contribution is -0.0760. The van der Waals surface area contributed by atoms with Crippen LogP contribution in [0.4, 0.5) is 13.2 Å². The second kappa shape index (κ2) is 2.76. The Bertz CT molecular complexity index is 202. The summed E-state index contributed by atoms with van der Waals surface area (Å²) in [6.45, 7) is 0.800. The van der Waals surface area contributed by atoms with Crippen molar-refractivity contribution < 1.29 is 13.2 Å². The highest BCUT2D eigenvalue weighted by molar-refractivity contribution is 5.14. The van der Waals surface area contributed by atoms with Crippen molar-refractivity contribution in [1.29, 1.82) is 0 Å². The zero-order valence-corrected chi connectivity index (χ0v) is 7.15. The van der Waals surface area contributed by atoms with Crippen molar-refractivity contribution in [1.82, 2.24) is 4.90 Å². The van der Waals surface area contributed by atoms with E-state index in [0.717, 1.165) is 6.08 Å². The van der Waals surface area contributed by atoms with Gasteiger partial charge in [0.25, 0.3) is 5.92 Å². The Kier molecular flexibility index (Phi) is 2.21. The Labute approximate surface area is 69.9 Å². The second-order valence-corrected chi connectivity index (χ2v) is 3.24. The minimum absolute atomic E-state index is 0.232. The molecule has 1 nitrogen and oxygen atoms in total. The highest BCUT2D eigenvalue weighted by atomic mass is 19.3. The zero-order chi connectivity index (χ0) is 9.41. The molecule has 0 N–H and O–H groups in total. The van der Waals surface area contributed by atoms with Crippen molar-refractivity contribution in [3.63, 3.8) is 0 Å². The molecule has 0 bridgehead atoms. The Morgan fingerprint density at radius 1 is 1.25 bits per heavy atom. The van der Waals surface area contributed by atoms with E-state index in [1.807, 2.05) is 0 Å². The minimum Gasteiger partial charge on any atom is -0.297 e. The number of rotatable bonds is 1. The van der Waals surface area contributed by atoms with Crippen LogP contribution in [0.1, 0.15) is 6.92 Å². The molecule has 12 heavy (non-hydrogen) atoms. The molecule has 70 valence electrons. The maximum atomic E-state index is 13.5. The molecule has 0 aromatic heterocycles. The first-order valence-electron chi connectivity index (χ1n) is 3.80.